The molecule has 0 amide bonds. The van der Waals surface area contributed by atoms with E-state index in [0.717, 1.165) is 187 Å². The summed E-state index contributed by atoms with van der Waals surface area (Å²) in [5.74, 6) is 0.142. The molecule has 0 saturated heterocycles. The van der Waals surface area contributed by atoms with Crippen molar-refractivity contribution < 1.29 is 34.0 Å². The third-order valence-corrected chi connectivity index (χ3v) is 30.1. The number of hydrogen-bond donors (Lipinski definition) is 2. The molecule has 28 heteroatoms. The van der Waals surface area contributed by atoms with E-state index in [-0.39, 0.29) is 44.0 Å². The van der Waals surface area contributed by atoms with Gasteiger partial charge in [0.05, 0.1) is 187 Å². The van der Waals surface area contributed by atoms with Gasteiger partial charge in [0.1, 0.15) is 5.78 Å². The van der Waals surface area contributed by atoms with E-state index < -0.39 is 50.1 Å². The monoisotopic (exact) mass is 1950 g/mol. The standard InChI is InChI=1S/4C14H15Cl2NO.2C13H13Cl2NO.C13H11Cl2NO.CH4/c4*1-18-11-3-2-6-14(8-11,9-17)10-4-5-12(15)13(16)7-10;3*14-11-4-3-9(6-12(11)15)13(8-16)5-1-2-10(17)7-13;/h4*4-5,7,11H,2-3,6,8H2,1H3;2*3-4,6,10,17H,1-2,5,7H2;3-4,6H,1-2,5,7H2;1H4/t4*11-,14-;2*10-,13-;;/m110010../s1. The Hall–Kier alpha value is -5.54. The second-order valence-corrected chi connectivity index (χ2v) is 38.3. The van der Waals surface area contributed by atoms with Crippen LogP contribution in [-0.4, -0.2) is 81.1 Å². The zero-order valence-corrected chi connectivity index (χ0v) is 79.3. The summed E-state index contributed by atoms with van der Waals surface area (Å²) in [6.07, 6.45) is 22.1. The number of aliphatic hydroxyl groups is 2. The Bertz CT molecular complexity index is 4690. The van der Waals surface area contributed by atoms with Crippen molar-refractivity contribution in [2.75, 3.05) is 28.4 Å². The minimum absolute atomic E-state index is 0. The van der Waals surface area contributed by atoms with Crippen molar-refractivity contribution in [1.82, 2.24) is 0 Å². The summed E-state index contributed by atoms with van der Waals surface area (Å²) in [5, 5.41) is 93.0. The highest BCUT2D eigenvalue weighted by Gasteiger charge is 2.45. The summed E-state index contributed by atoms with van der Waals surface area (Å²) in [6, 6.07) is 54.4. The van der Waals surface area contributed by atoms with Crippen LogP contribution < -0.4 is 0 Å². The minimum Gasteiger partial charge on any atom is -0.393 e. The van der Waals surface area contributed by atoms with Crippen LogP contribution in [0.25, 0.3) is 0 Å². The quantitative estimate of drug-likeness (QED) is 0.122. The van der Waals surface area contributed by atoms with Gasteiger partial charge in [0.15, 0.2) is 0 Å². The molecule has 660 valence electrons. The molecule has 7 aliphatic carbocycles. The molecule has 13 atom stereocenters. The summed E-state index contributed by atoms with van der Waals surface area (Å²) in [6.45, 7) is 0. The van der Waals surface area contributed by atoms with Gasteiger partial charge in [-0.3, -0.25) is 4.79 Å². The van der Waals surface area contributed by atoms with Crippen LogP contribution >= 0.6 is 162 Å². The van der Waals surface area contributed by atoms with Crippen LogP contribution in [0, 0.1) is 79.3 Å². The number of hydrogen-bond acceptors (Lipinski definition) is 14. The zero-order chi connectivity index (χ0) is 90.1. The first-order valence-electron chi connectivity index (χ1n) is 40.7. The highest BCUT2D eigenvalue weighted by Crippen LogP contribution is 2.49. The van der Waals surface area contributed by atoms with Crippen molar-refractivity contribution in [2.24, 2.45) is 0 Å². The van der Waals surface area contributed by atoms with Crippen molar-refractivity contribution in [3.63, 3.8) is 0 Å². The van der Waals surface area contributed by atoms with Gasteiger partial charge in [-0.2, -0.15) is 36.8 Å². The number of halogens is 14. The number of rotatable bonds is 11. The fourth-order valence-electron chi connectivity index (χ4n) is 17.8. The molecule has 0 spiro atoms. The molecular weight excluding hydrogens is 1860 g/mol. The molecule has 14 rings (SSSR count). The third-order valence-electron chi connectivity index (χ3n) is 25.0. The molecule has 7 saturated carbocycles. The van der Waals surface area contributed by atoms with Crippen molar-refractivity contribution >= 4 is 168 Å². The number of aliphatic hydroxyl groups excluding tert-OH is 2. The molecule has 0 radical (unpaired) electrons. The smallest absolute Gasteiger partial charge is 0.134 e. The lowest BCUT2D eigenvalue weighted by Crippen LogP contribution is -2.34. The van der Waals surface area contributed by atoms with Crippen LogP contribution in [0.1, 0.15) is 226 Å². The molecule has 14 nitrogen and oxygen atoms in total. The second kappa shape index (κ2) is 48.9. The van der Waals surface area contributed by atoms with Gasteiger partial charge in [0.25, 0.3) is 0 Å². The van der Waals surface area contributed by atoms with Crippen LogP contribution in [0.4, 0.5) is 0 Å². The topological polar surface area (TPSA) is 261 Å². The Morgan fingerprint density at radius 2 is 0.452 bits per heavy atom. The molecule has 1 unspecified atom stereocenters. The number of nitriles is 7. The van der Waals surface area contributed by atoms with Crippen LogP contribution in [-0.2, 0) is 61.6 Å². The Morgan fingerprint density at radius 1 is 0.274 bits per heavy atom. The van der Waals surface area contributed by atoms with Gasteiger partial charge in [-0.1, -0.05) is 212 Å². The number of ether oxygens (including phenoxy) is 4. The summed E-state index contributed by atoms with van der Waals surface area (Å²) in [4.78, 5) is 11.6. The van der Waals surface area contributed by atoms with E-state index in [9.17, 15) is 51.8 Å². The maximum absolute atomic E-state index is 11.6. The van der Waals surface area contributed by atoms with Gasteiger partial charge in [-0.25, -0.2) is 0 Å². The lowest BCUT2D eigenvalue weighted by molar-refractivity contribution is -0.121. The van der Waals surface area contributed by atoms with Crippen molar-refractivity contribution in [1.29, 1.82) is 36.8 Å². The number of nitrogens with zero attached hydrogens (tertiary/aromatic N) is 7. The Balaban J connectivity index is 0.000000199. The molecule has 124 heavy (non-hydrogen) atoms. The Kier molecular flexibility index (Phi) is 41.6. The van der Waals surface area contributed by atoms with E-state index in [1.807, 2.05) is 60.7 Å². The molecule has 7 aromatic carbocycles. The van der Waals surface area contributed by atoms with E-state index in [0.29, 0.717) is 96.0 Å². The predicted octanol–water partition coefficient (Wildman–Crippen LogP) is 29.3. The molecule has 0 heterocycles. The van der Waals surface area contributed by atoms with Crippen molar-refractivity contribution in [2.45, 2.75) is 262 Å². The largest absolute Gasteiger partial charge is 0.393 e. The zero-order valence-electron chi connectivity index (χ0n) is 68.7. The molecule has 0 aromatic heterocycles. The predicted molar refractivity (Wildman–Crippen MR) is 502 cm³/mol. The van der Waals surface area contributed by atoms with Crippen LogP contribution in [0.15, 0.2) is 127 Å². The normalized spacial score (nSPS) is 27.3. The van der Waals surface area contributed by atoms with Crippen LogP contribution in [0.2, 0.25) is 70.3 Å². The fourth-order valence-corrected chi connectivity index (χ4v) is 19.9. The van der Waals surface area contributed by atoms with Crippen molar-refractivity contribution in [3.8, 4) is 42.5 Å². The maximum Gasteiger partial charge on any atom is 0.134 e. The molecule has 0 bridgehead atoms. The first-order chi connectivity index (χ1) is 58.7. The number of carbonyl (C=O) groups is 1. The van der Waals surface area contributed by atoms with E-state index in [1.165, 1.54) is 0 Å². The van der Waals surface area contributed by atoms with Crippen LogP contribution in [0.3, 0.4) is 0 Å². The van der Waals surface area contributed by atoms with Crippen molar-refractivity contribution in [3.05, 3.63) is 237 Å². The molecule has 7 fully saturated rings. The lowest BCUT2D eigenvalue weighted by atomic mass is 9.69. The van der Waals surface area contributed by atoms with Gasteiger partial charge in [0, 0.05) is 41.3 Å². The molecule has 7 aromatic rings. The maximum atomic E-state index is 11.6. The average Bonchev–Trinajstić information content (AvgIpc) is 0.820. The molecule has 0 aliphatic heterocycles. The fraction of sp³-hybridized carbons (Fsp3) is 0.479. The molecule has 2 N–H and O–H groups in total. The first-order valence-corrected chi connectivity index (χ1v) is 46.0. The number of methoxy groups -OCH3 is 4. The number of Topliss-reactive ketones (excluding diaryl/α,β-unsaturated/α-hetero) is 1. The Morgan fingerprint density at radius 3 is 0.621 bits per heavy atom. The number of carbonyl (C=O) groups excluding carboxylic acids is 1. The SMILES string of the molecule is C.CO[C@@H]1CCC[C@@](C#N)(c2ccc(Cl)c(Cl)c2)C1.CO[C@@H]1CCC[C@@](C#N)(c2ccc(Cl)c(Cl)c2)C1.CO[C@H]1CCC[C@](C#N)(c2ccc(Cl)c(Cl)c2)C1.CO[C@H]1CCC[C@](C#N)(c2ccc(Cl)c(Cl)c2)C1.N#CC1(c2ccc(Cl)c(Cl)c2)CCCC(=O)C1.N#C[C@@]1(c2ccc(Cl)c(Cl)c2)CCC[C@@H](O)C1.N#C[C@]1(c2ccc(Cl)c(Cl)c2)CCC[C@H](O)C1. The van der Waals surface area contributed by atoms with Gasteiger partial charge in [0.2, 0.25) is 0 Å². The van der Waals surface area contributed by atoms with E-state index >= 15 is 0 Å². The Labute approximate surface area is 801 Å². The highest BCUT2D eigenvalue weighted by molar-refractivity contribution is 6.45. The van der Waals surface area contributed by atoms with Gasteiger partial charge >= 0.3 is 0 Å². The third kappa shape index (κ3) is 26.9. The van der Waals surface area contributed by atoms with E-state index in [4.69, 9.17) is 181 Å². The van der Waals surface area contributed by atoms with E-state index in [2.05, 4.69) is 42.5 Å². The van der Waals surface area contributed by atoms with Gasteiger partial charge in [-0.15, -0.1) is 0 Å². The summed E-state index contributed by atoms with van der Waals surface area (Å²) >= 11 is 83.4. The molecule has 7 aliphatic rings. The van der Waals surface area contributed by atoms with E-state index in [1.54, 1.807) is 95.2 Å². The second-order valence-electron chi connectivity index (χ2n) is 32.6. The summed E-state index contributed by atoms with van der Waals surface area (Å²) in [5.41, 5.74) is 2.36. The average molecular weight is 1960 g/mol. The summed E-state index contributed by atoms with van der Waals surface area (Å²) in [7, 11) is 6.81. The number of ketones is 1. The van der Waals surface area contributed by atoms with Gasteiger partial charge < -0.3 is 29.2 Å². The minimum atomic E-state index is -0.719. The molecular formula is C96H101Cl14N7O7. The lowest BCUT2D eigenvalue weighted by Gasteiger charge is -2.35. The van der Waals surface area contributed by atoms with Crippen LogP contribution in [0.5, 0.6) is 0 Å². The van der Waals surface area contributed by atoms with Gasteiger partial charge in [-0.05, 0) is 291 Å². The summed E-state index contributed by atoms with van der Waals surface area (Å²) < 4.78 is 21.7. The highest BCUT2D eigenvalue weighted by atomic mass is 35.5. The number of benzene rings is 7. The first kappa shape index (κ1) is 106.